The molecule has 0 aliphatic heterocycles. The number of aryl methyl sites for hydroxylation is 1. The number of halogens is 1. The van der Waals surface area contributed by atoms with E-state index in [9.17, 15) is 4.39 Å². The zero-order valence-corrected chi connectivity index (χ0v) is 12.4. The molecule has 1 aromatic carbocycles. The van der Waals surface area contributed by atoms with E-state index < -0.39 is 0 Å². The summed E-state index contributed by atoms with van der Waals surface area (Å²) in [5, 5.41) is 7.94. The largest absolute Gasteiger partial charge is 0.378 e. The second-order valence-corrected chi connectivity index (χ2v) is 5.31. The van der Waals surface area contributed by atoms with Gasteiger partial charge in [-0.3, -0.25) is 0 Å². The summed E-state index contributed by atoms with van der Waals surface area (Å²) in [7, 11) is 1.83. The summed E-state index contributed by atoms with van der Waals surface area (Å²) in [4.78, 5) is 4.40. The van der Waals surface area contributed by atoms with Crippen LogP contribution >= 0.6 is 11.5 Å². The van der Waals surface area contributed by atoms with Gasteiger partial charge in [0.2, 0.25) is 0 Å². The summed E-state index contributed by atoms with van der Waals surface area (Å²) in [5.41, 5.74) is 2.61. The average Bonchev–Trinajstić information content (AvgIpc) is 3.07. The molecule has 5 nitrogen and oxygen atoms in total. The maximum absolute atomic E-state index is 12.9. The fourth-order valence-electron chi connectivity index (χ4n) is 2.00. The molecule has 0 fully saturated rings. The number of hydrogen-bond donors (Lipinski definition) is 1. The zero-order chi connectivity index (χ0) is 14.8. The minimum absolute atomic E-state index is 0.258. The Morgan fingerprint density at radius 1 is 1.29 bits per heavy atom. The molecular weight excluding hydrogens is 291 g/mol. The van der Waals surface area contributed by atoms with Crippen LogP contribution in [0.5, 0.6) is 0 Å². The van der Waals surface area contributed by atoms with Crippen LogP contribution in [0.25, 0.3) is 11.5 Å². The van der Waals surface area contributed by atoms with Gasteiger partial charge in [0, 0.05) is 13.5 Å². The van der Waals surface area contributed by atoms with Crippen molar-refractivity contribution in [1.82, 2.24) is 14.5 Å². The summed E-state index contributed by atoms with van der Waals surface area (Å²) in [6.45, 7) is 1.90. The van der Waals surface area contributed by atoms with E-state index in [1.54, 1.807) is 12.1 Å². The van der Waals surface area contributed by atoms with Crippen molar-refractivity contribution in [3.8, 4) is 11.5 Å². The van der Waals surface area contributed by atoms with Gasteiger partial charge in [0.1, 0.15) is 10.8 Å². The van der Waals surface area contributed by atoms with Gasteiger partial charge in [-0.25, -0.2) is 4.39 Å². The summed E-state index contributed by atoms with van der Waals surface area (Å²) < 4.78 is 22.5. The van der Waals surface area contributed by atoms with Crippen molar-refractivity contribution < 1.29 is 8.91 Å². The molecule has 0 amide bonds. The molecule has 7 heteroatoms. The van der Waals surface area contributed by atoms with Crippen molar-refractivity contribution in [2.45, 2.75) is 13.3 Å². The van der Waals surface area contributed by atoms with Gasteiger partial charge in [0.25, 0.3) is 5.89 Å². The third-order valence-corrected chi connectivity index (χ3v) is 4.00. The van der Waals surface area contributed by atoms with Crippen molar-refractivity contribution in [2.75, 3.05) is 12.4 Å². The molecule has 21 heavy (non-hydrogen) atoms. The van der Waals surface area contributed by atoms with Gasteiger partial charge in [0.15, 0.2) is 5.82 Å². The highest BCUT2D eigenvalue weighted by molar-refractivity contribution is 7.10. The lowest BCUT2D eigenvalue weighted by Crippen LogP contribution is -1.92. The van der Waals surface area contributed by atoms with E-state index in [-0.39, 0.29) is 5.82 Å². The Morgan fingerprint density at radius 2 is 2.05 bits per heavy atom. The quantitative estimate of drug-likeness (QED) is 0.801. The molecule has 108 valence electrons. The molecule has 0 aliphatic carbocycles. The Labute approximate surface area is 125 Å². The molecule has 3 rings (SSSR count). The SMILES string of the molecule is CNc1snc(C)c1-c1nc(Cc2ccc(F)cc2)no1. The minimum Gasteiger partial charge on any atom is -0.378 e. The Morgan fingerprint density at radius 3 is 2.76 bits per heavy atom. The standard InChI is InChI=1S/C14H13FN4OS/c1-8-12(14(16-2)21-19-8)13-17-11(18-20-13)7-9-3-5-10(15)6-4-9/h3-6,16H,7H2,1-2H3. The van der Waals surface area contributed by atoms with Gasteiger partial charge in [-0.1, -0.05) is 17.3 Å². The molecule has 0 saturated carbocycles. The number of nitrogens with one attached hydrogen (secondary N) is 1. The second-order valence-electron chi connectivity index (χ2n) is 4.54. The van der Waals surface area contributed by atoms with Crippen LogP contribution in [0.3, 0.4) is 0 Å². The molecule has 2 heterocycles. The first kappa shape index (κ1) is 13.7. The van der Waals surface area contributed by atoms with Gasteiger partial charge in [0.05, 0.1) is 11.3 Å². The molecule has 1 N–H and O–H groups in total. The number of rotatable bonds is 4. The highest BCUT2D eigenvalue weighted by Crippen LogP contribution is 2.33. The van der Waals surface area contributed by atoms with Crippen LogP contribution in [0, 0.1) is 12.7 Å². The van der Waals surface area contributed by atoms with Crippen LogP contribution in [0.1, 0.15) is 17.1 Å². The highest BCUT2D eigenvalue weighted by atomic mass is 32.1. The number of benzene rings is 1. The van der Waals surface area contributed by atoms with Gasteiger partial charge < -0.3 is 9.84 Å². The Hall–Kier alpha value is -2.28. The molecule has 0 saturated heterocycles. The molecular formula is C14H13FN4OS. The first-order chi connectivity index (χ1) is 10.2. The van der Waals surface area contributed by atoms with Crippen molar-refractivity contribution >= 4 is 16.5 Å². The molecule has 3 aromatic rings. The van der Waals surface area contributed by atoms with Crippen molar-refractivity contribution in [3.05, 3.63) is 47.2 Å². The smallest absolute Gasteiger partial charge is 0.262 e. The van der Waals surface area contributed by atoms with E-state index in [0.29, 0.717) is 18.1 Å². The highest BCUT2D eigenvalue weighted by Gasteiger charge is 2.18. The fraction of sp³-hybridized carbons (Fsp3) is 0.214. The lowest BCUT2D eigenvalue weighted by molar-refractivity contribution is 0.424. The molecule has 0 unspecified atom stereocenters. The number of hydrogen-bond acceptors (Lipinski definition) is 6. The van der Waals surface area contributed by atoms with E-state index in [4.69, 9.17) is 4.52 Å². The topological polar surface area (TPSA) is 63.8 Å². The van der Waals surface area contributed by atoms with Gasteiger partial charge in [-0.2, -0.15) is 9.36 Å². The number of aromatic nitrogens is 3. The maximum atomic E-state index is 12.9. The lowest BCUT2D eigenvalue weighted by Gasteiger charge is -1.97. The molecule has 0 bridgehead atoms. The Bertz CT molecular complexity index is 751. The van der Waals surface area contributed by atoms with Crippen molar-refractivity contribution in [2.24, 2.45) is 0 Å². The summed E-state index contributed by atoms with van der Waals surface area (Å²) in [6, 6.07) is 6.26. The van der Waals surface area contributed by atoms with Crippen molar-refractivity contribution in [3.63, 3.8) is 0 Å². The van der Waals surface area contributed by atoms with Crippen LogP contribution in [0.4, 0.5) is 9.39 Å². The normalized spacial score (nSPS) is 10.8. The Balaban J connectivity index is 1.86. The van der Waals surface area contributed by atoms with Crippen LogP contribution in [0.15, 0.2) is 28.8 Å². The van der Waals surface area contributed by atoms with E-state index in [0.717, 1.165) is 21.8 Å². The molecule has 2 aromatic heterocycles. The lowest BCUT2D eigenvalue weighted by atomic mass is 10.1. The number of anilines is 1. The Kier molecular flexibility index (Phi) is 3.66. The van der Waals surface area contributed by atoms with E-state index in [2.05, 4.69) is 19.8 Å². The van der Waals surface area contributed by atoms with Crippen LogP contribution in [-0.2, 0) is 6.42 Å². The second kappa shape index (κ2) is 5.61. The van der Waals surface area contributed by atoms with E-state index in [1.165, 1.54) is 23.7 Å². The van der Waals surface area contributed by atoms with E-state index in [1.807, 2.05) is 14.0 Å². The summed E-state index contributed by atoms with van der Waals surface area (Å²) >= 11 is 1.36. The monoisotopic (exact) mass is 304 g/mol. The van der Waals surface area contributed by atoms with Gasteiger partial charge in [-0.05, 0) is 36.2 Å². The maximum Gasteiger partial charge on any atom is 0.262 e. The van der Waals surface area contributed by atoms with Crippen LogP contribution < -0.4 is 5.32 Å². The van der Waals surface area contributed by atoms with Crippen molar-refractivity contribution in [1.29, 1.82) is 0 Å². The van der Waals surface area contributed by atoms with E-state index >= 15 is 0 Å². The van der Waals surface area contributed by atoms with Crippen LogP contribution in [0.2, 0.25) is 0 Å². The first-order valence-electron chi connectivity index (χ1n) is 6.39. The third-order valence-electron chi connectivity index (χ3n) is 3.05. The fourth-order valence-corrected chi connectivity index (χ4v) is 2.74. The summed E-state index contributed by atoms with van der Waals surface area (Å²) in [6.07, 6.45) is 0.495. The number of nitrogens with zero attached hydrogens (tertiary/aromatic N) is 3. The summed E-state index contributed by atoms with van der Waals surface area (Å²) in [5.74, 6) is 0.748. The predicted molar refractivity (Wildman–Crippen MR) is 78.9 cm³/mol. The average molecular weight is 304 g/mol. The minimum atomic E-state index is -0.258. The molecule has 0 spiro atoms. The first-order valence-corrected chi connectivity index (χ1v) is 7.16. The molecule has 0 radical (unpaired) electrons. The predicted octanol–water partition coefficient (Wildman–Crippen LogP) is 3.27. The van der Waals surface area contributed by atoms with Crippen LogP contribution in [-0.4, -0.2) is 21.6 Å². The van der Waals surface area contributed by atoms with Gasteiger partial charge in [-0.15, -0.1) is 0 Å². The zero-order valence-electron chi connectivity index (χ0n) is 11.6. The molecule has 0 atom stereocenters. The molecule has 0 aliphatic rings. The van der Waals surface area contributed by atoms with Gasteiger partial charge >= 0.3 is 0 Å². The third kappa shape index (κ3) is 2.78.